The smallest absolute Gasteiger partial charge is 0.252 e. The summed E-state index contributed by atoms with van der Waals surface area (Å²) in [6.45, 7) is 5.25. The molecule has 2 aromatic rings. The van der Waals surface area contributed by atoms with Gasteiger partial charge in [-0.1, -0.05) is 11.3 Å². The van der Waals surface area contributed by atoms with Crippen LogP contribution in [-0.4, -0.2) is 18.4 Å². The average molecular weight is 318 g/mol. The van der Waals surface area contributed by atoms with E-state index in [1.807, 2.05) is 12.3 Å². The van der Waals surface area contributed by atoms with E-state index < -0.39 is 10.0 Å². The number of nitrogens with two attached hydrogens (primary N) is 1. The monoisotopic (exact) mass is 318 g/mol. The molecule has 0 radical (unpaired) electrons. The van der Waals surface area contributed by atoms with E-state index in [1.165, 1.54) is 11.3 Å². The number of nitrogens with zero attached hydrogens (tertiary/aromatic N) is 2. The number of nitrogens with one attached hydrogen (secondary N) is 1. The molecule has 0 aromatic carbocycles. The second-order valence-corrected chi connectivity index (χ2v) is 7.92. The van der Waals surface area contributed by atoms with Crippen LogP contribution in [0.15, 0.2) is 9.59 Å². The molecule has 0 amide bonds. The molecule has 9 heteroatoms. The summed E-state index contributed by atoms with van der Waals surface area (Å²) in [5.74, 6) is 0. The number of sulfonamides is 1. The molecule has 0 saturated heterocycles. The predicted octanol–water partition coefficient (Wildman–Crippen LogP) is 1.84. The van der Waals surface area contributed by atoms with Crippen LogP contribution in [0.1, 0.15) is 29.4 Å². The summed E-state index contributed by atoms with van der Waals surface area (Å²) in [5.41, 5.74) is 6.82. The standard InChI is InChI=1S/C10H14N4O2S3/c1-5-4-17-8(12-5)6(2)14-19(15,16)9-7(3)13-10(11)18-9/h4,6,14H,1-3H3,(H2,11,13). The molecule has 2 rings (SSSR count). The van der Waals surface area contributed by atoms with E-state index in [1.54, 1.807) is 13.8 Å². The fraction of sp³-hybridized carbons (Fsp3) is 0.400. The second kappa shape index (κ2) is 5.16. The van der Waals surface area contributed by atoms with Crippen molar-refractivity contribution in [1.82, 2.24) is 14.7 Å². The fourth-order valence-corrected chi connectivity index (χ4v) is 4.96. The molecule has 2 heterocycles. The molecular weight excluding hydrogens is 304 g/mol. The maximum absolute atomic E-state index is 12.2. The zero-order valence-corrected chi connectivity index (χ0v) is 13.1. The highest BCUT2D eigenvalue weighted by Crippen LogP contribution is 2.27. The summed E-state index contributed by atoms with van der Waals surface area (Å²) >= 11 is 2.39. The summed E-state index contributed by atoms with van der Waals surface area (Å²) in [5, 5.41) is 2.86. The normalized spacial score (nSPS) is 13.6. The first-order chi connectivity index (χ1) is 8.79. The van der Waals surface area contributed by atoms with Gasteiger partial charge in [0.05, 0.1) is 11.7 Å². The van der Waals surface area contributed by atoms with E-state index in [2.05, 4.69) is 14.7 Å². The van der Waals surface area contributed by atoms with E-state index in [9.17, 15) is 8.42 Å². The minimum absolute atomic E-state index is 0.158. The van der Waals surface area contributed by atoms with Gasteiger partial charge in [0, 0.05) is 11.1 Å². The molecule has 3 N–H and O–H groups in total. The molecule has 0 spiro atoms. The van der Waals surface area contributed by atoms with Crippen LogP contribution in [0.5, 0.6) is 0 Å². The van der Waals surface area contributed by atoms with Gasteiger partial charge < -0.3 is 5.73 Å². The van der Waals surface area contributed by atoms with Crippen molar-refractivity contribution in [3.05, 3.63) is 21.8 Å². The lowest BCUT2D eigenvalue weighted by atomic mass is 10.4. The molecule has 0 aliphatic rings. The predicted molar refractivity (Wildman–Crippen MR) is 76.9 cm³/mol. The molecule has 6 nitrogen and oxygen atoms in total. The SMILES string of the molecule is Cc1csc(C(C)NS(=O)(=O)c2sc(N)nc2C)n1. The van der Waals surface area contributed by atoms with E-state index in [4.69, 9.17) is 5.73 Å². The van der Waals surface area contributed by atoms with E-state index in [0.717, 1.165) is 22.0 Å². The topological polar surface area (TPSA) is 98.0 Å². The Morgan fingerprint density at radius 3 is 2.53 bits per heavy atom. The van der Waals surface area contributed by atoms with Crippen LogP contribution in [0.2, 0.25) is 0 Å². The number of aromatic nitrogens is 2. The highest BCUT2D eigenvalue weighted by Gasteiger charge is 2.24. The van der Waals surface area contributed by atoms with Crippen molar-refractivity contribution in [3.8, 4) is 0 Å². The molecule has 2 aromatic heterocycles. The van der Waals surface area contributed by atoms with Gasteiger partial charge in [0.1, 0.15) is 5.01 Å². The first-order valence-electron chi connectivity index (χ1n) is 5.47. The molecule has 104 valence electrons. The molecule has 0 aliphatic carbocycles. The molecule has 0 fully saturated rings. The quantitative estimate of drug-likeness (QED) is 0.896. The van der Waals surface area contributed by atoms with Crippen molar-refractivity contribution in [1.29, 1.82) is 0 Å². The summed E-state index contributed by atoms with van der Waals surface area (Å²) in [7, 11) is -3.62. The van der Waals surface area contributed by atoms with E-state index in [-0.39, 0.29) is 15.4 Å². The van der Waals surface area contributed by atoms with Gasteiger partial charge in [0.2, 0.25) is 0 Å². The minimum atomic E-state index is -3.62. The number of nitrogen functional groups attached to an aromatic ring is 1. The molecule has 0 saturated carbocycles. The summed E-state index contributed by atoms with van der Waals surface area (Å²) < 4.78 is 27.2. The lowest BCUT2D eigenvalue weighted by Crippen LogP contribution is -2.26. The van der Waals surface area contributed by atoms with Gasteiger partial charge in [0.25, 0.3) is 10.0 Å². The zero-order valence-electron chi connectivity index (χ0n) is 10.7. The van der Waals surface area contributed by atoms with Crippen molar-refractivity contribution >= 4 is 37.8 Å². The van der Waals surface area contributed by atoms with Crippen LogP contribution in [0, 0.1) is 13.8 Å². The maximum Gasteiger partial charge on any atom is 0.252 e. The van der Waals surface area contributed by atoms with Crippen molar-refractivity contribution < 1.29 is 8.42 Å². The fourth-order valence-electron chi connectivity index (χ4n) is 1.56. The first-order valence-corrected chi connectivity index (χ1v) is 8.65. The largest absolute Gasteiger partial charge is 0.375 e. The Morgan fingerprint density at radius 1 is 1.37 bits per heavy atom. The second-order valence-electron chi connectivity index (χ2n) is 4.10. The Labute approximate surface area is 119 Å². The summed E-state index contributed by atoms with van der Waals surface area (Å²) in [6, 6.07) is -0.383. The van der Waals surface area contributed by atoms with Crippen LogP contribution < -0.4 is 10.5 Å². The van der Waals surface area contributed by atoms with Gasteiger partial charge in [-0.15, -0.1) is 11.3 Å². The molecular formula is C10H14N4O2S3. The van der Waals surface area contributed by atoms with Crippen LogP contribution in [0.25, 0.3) is 0 Å². The van der Waals surface area contributed by atoms with Crippen molar-refractivity contribution in [2.75, 3.05) is 5.73 Å². The highest BCUT2D eigenvalue weighted by molar-refractivity contribution is 7.91. The number of anilines is 1. The van der Waals surface area contributed by atoms with E-state index >= 15 is 0 Å². The van der Waals surface area contributed by atoms with Gasteiger partial charge in [-0.3, -0.25) is 0 Å². The number of hydrogen-bond acceptors (Lipinski definition) is 7. The third-order valence-electron chi connectivity index (χ3n) is 2.35. The Kier molecular flexibility index (Phi) is 3.90. The van der Waals surface area contributed by atoms with Crippen molar-refractivity contribution in [2.45, 2.75) is 31.0 Å². The van der Waals surface area contributed by atoms with Gasteiger partial charge in [0.15, 0.2) is 9.34 Å². The van der Waals surface area contributed by atoms with Crippen LogP contribution in [-0.2, 0) is 10.0 Å². The third kappa shape index (κ3) is 3.11. The maximum atomic E-state index is 12.2. The Bertz CT molecular complexity index is 689. The molecule has 19 heavy (non-hydrogen) atoms. The van der Waals surface area contributed by atoms with Crippen molar-refractivity contribution in [3.63, 3.8) is 0 Å². The molecule has 1 unspecified atom stereocenters. The number of aryl methyl sites for hydroxylation is 2. The van der Waals surface area contributed by atoms with E-state index in [0.29, 0.717) is 5.69 Å². The highest BCUT2D eigenvalue weighted by atomic mass is 32.2. The average Bonchev–Trinajstić information content (AvgIpc) is 2.84. The molecule has 0 bridgehead atoms. The molecule has 1 atom stereocenters. The first kappa shape index (κ1) is 14.4. The Hall–Kier alpha value is -1.03. The lowest BCUT2D eigenvalue weighted by molar-refractivity contribution is 0.567. The number of rotatable bonds is 4. The number of thiazole rings is 2. The van der Waals surface area contributed by atoms with Crippen LogP contribution in [0.3, 0.4) is 0 Å². The zero-order chi connectivity index (χ0) is 14.2. The summed E-state index contributed by atoms with van der Waals surface area (Å²) in [4.78, 5) is 8.20. The minimum Gasteiger partial charge on any atom is -0.375 e. The van der Waals surface area contributed by atoms with Gasteiger partial charge in [-0.2, -0.15) is 0 Å². The summed E-state index contributed by atoms with van der Waals surface area (Å²) in [6.07, 6.45) is 0. The van der Waals surface area contributed by atoms with Crippen LogP contribution in [0.4, 0.5) is 5.13 Å². The van der Waals surface area contributed by atoms with Gasteiger partial charge in [-0.25, -0.2) is 23.1 Å². The molecule has 0 aliphatic heterocycles. The Balaban J connectivity index is 2.24. The number of hydrogen-bond donors (Lipinski definition) is 2. The van der Waals surface area contributed by atoms with Crippen molar-refractivity contribution in [2.24, 2.45) is 0 Å². The van der Waals surface area contributed by atoms with Gasteiger partial charge in [-0.05, 0) is 20.8 Å². The lowest BCUT2D eigenvalue weighted by Gasteiger charge is -2.10. The van der Waals surface area contributed by atoms with Crippen LogP contribution >= 0.6 is 22.7 Å². The van der Waals surface area contributed by atoms with Gasteiger partial charge >= 0.3 is 0 Å². The third-order valence-corrected chi connectivity index (χ3v) is 6.64. The Morgan fingerprint density at radius 2 is 2.05 bits per heavy atom.